The predicted octanol–water partition coefficient (Wildman–Crippen LogP) is 9.00. The molecule has 1 fully saturated rings. The molecule has 1 amide bonds. The van der Waals surface area contributed by atoms with Crippen LogP contribution in [-0.2, 0) is 4.79 Å². The summed E-state index contributed by atoms with van der Waals surface area (Å²) in [5.41, 5.74) is 8.13. The monoisotopic (exact) mass is 700 g/mol. The molecule has 49 heavy (non-hydrogen) atoms. The zero-order chi connectivity index (χ0) is 33.4. The van der Waals surface area contributed by atoms with Crippen LogP contribution in [0.2, 0.25) is 10.0 Å². The van der Waals surface area contributed by atoms with E-state index in [2.05, 4.69) is 22.5 Å². The van der Waals surface area contributed by atoms with E-state index in [1.807, 2.05) is 131 Å². The molecule has 1 atom stereocenters. The van der Waals surface area contributed by atoms with Crippen molar-refractivity contribution < 1.29 is 4.79 Å². The minimum absolute atomic E-state index is 0.121. The summed E-state index contributed by atoms with van der Waals surface area (Å²) in [7, 11) is 0. The molecule has 1 N–H and O–H groups in total. The highest BCUT2D eigenvalue weighted by Gasteiger charge is 2.65. The number of nitrogens with one attached hydrogen (secondary N) is 1. The molecule has 10 heteroatoms. The van der Waals surface area contributed by atoms with Crippen molar-refractivity contribution in [2.75, 3.05) is 23.5 Å². The number of amides is 1. The lowest BCUT2D eigenvalue weighted by molar-refractivity contribution is -0.134. The lowest BCUT2D eigenvalue weighted by atomic mass is 9.95. The smallest absolute Gasteiger partial charge is 0.264 e. The highest BCUT2D eigenvalue weighted by atomic mass is 35.5. The Morgan fingerprint density at radius 1 is 0.776 bits per heavy atom. The first-order valence-electron chi connectivity index (χ1n) is 16.0. The first-order valence-corrected chi connectivity index (χ1v) is 17.5. The zero-order valence-corrected chi connectivity index (χ0v) is 28.5. The highest BCUT2D eigenvalue weighted by Crippen LogP contribution is 2.56. The molecule has 0 aromatic heterocycles. The number of benzene rings is 5. The van der Waals surface area contributed by atoms with Gasteiger partial charge in [-0.05, 0) is 42.8 Å². The topological polar surface area (TPSA) is 63.5 Å². The van der Waals surface area contributed by atoms with Crippen molar-refractivity contribution in [3.63, 3.8) is 0 Å². The van der Waals surface area contributed by atoms with E-state index < -0.39 is 5.79 Å². The number of nitrogens with zero attached hydrogens (tertiary/aromatic N) is 5. The molecule has 3 heterocycles. The Hall–Kier alpha value is -5.02. The molecule has 3 aliphatic rings. The Balaban J connectivity index is 1.38. The molecule has 1 unspecified atom stereocenters. The van der Waals surface area contributed by atoms with Crippen LogP contribution in [0.5, 0.6) is 0 Å². The zero-order valence-electron chi connectivity index (χ0n) is 26.2. The van der Waals surface area contributed by atoms with E-state index >= 15 is 4.79 Å². The number of carbonyl (C=O) groups is 1. The van der Waals surface area contributed by atoms with E-state index in [0.29, 0.717) is 38.6 Å². The number of hydrazone groups is 2. The second kappa shape index (κ2) is 13.1. The molecule has 242 valence electrons. The molecule has 0 bridgehead atoms. The predicted molar refractivity (Wildman–Crippen MR) is 202 cm³/mol. The van der Waals surface area contributed by atoms with Gasteiger partial charge in [0.05, 0.1) is 16.3 Å². The summed E-state index contributed by atoms with van der Waals surface area (Å²) in [6, 6.07) is 45.2. The largest absolute Gasteiger partial charge is 0.309 e. The van der Waals surface area contributed by atoms with Crippen molar-refractivity contribution in [2.24, 2.45) is 10.2 Å². The maximum absolute atomic E-state index is 15.1. The number of hydrogen-bond donors (Lipinski definition) is 1. The van der Waals surface area contributed by atoms with E-state index in [0.717, 1.165) is 40.3 Å². The summed E-state index contributed by atoms with van der Waals surface area (Å²) in [6.07, 6.45) is 0.761. The number of anilines is 2. The number of thioether (sulfide) groups is 1. The Labute approximate surface area is 299 Å². The molecule has 3 aliphatic heterocycles. The van der Waals surface area contributed by atoms with Gasteiger partial charge in [-0.15, -0.1) is 5.10 Å². The van der Waals surface area contributed by atoms with Crippen molar-refractivity contribution in [1.82, 2.24) is 9.80 Å². The van der Waals surface area contributed by atoms with Crippen LogP contribution in [0, 0.1) is 0 Å². The molecule has 1 spiro atoms. The van der Waals surface area contributed by atoms with Gasteiger partial charge >= 0.3 is 0 Å². The third-order valence-corrected chi connectivity index (χ3v) is 10.4. The summed E-state index contributed by atoms with van der Waals surface area (Å²) in [6.45, 7) is 1.19. The second-order valence-corrected chi connectivity index (χ2v) is 13.6. The highest BCUT2D eigenvalue weighted by molar-refractivity contribution is 8.18. The molecular formula is C39H30Cl2N6OS. The number of hydrogen-bond acceptors (Lipinski definition) is 7. The van der Waals surface area contributed by atoms with E-state index in [4.69, 9.17) is 33.4 Å². The lowest BCUT2D eigenvalue weighted by Crippen LogP contribution is -2.69. The van der Waals surface area contributed by atoms with Crippen molar-refractivity contribution in [1.29, 1.82) is 0 Å². The van der Waals surface area contributed by atoms with Crippen LogP contribution in [-0.4, -0.2) is 45.5 Å². The van der Waals surface area contributed by atoms with Crippen LogP contribution in [0.25, 0.3) is 5.57 Å². The number of halogens is 2. The number of amidine groups is 1. The fourth-order valence-electron chi connectivity index (χ4n) is 6.70. The molecule has 5 aromatic carbocycles. The molecule has 1 saturated heterocycles. The van der Waals surface area contributed by atoms with Crippen LogP contribution >= 0.6 is 35.0 Å². The van der Waals surface area contributed by atoms with Gasteiger partial charge in [0.25, 0.3) is 5.91 Å². The standard InChI is InChI=1S/C39H30Cl2N6OS/c40-29-22-23-32(33(41)26-29)34-35(49-37(28-16-7-2-8-17-28)43-42-30-18-9-3-10-19-30)38(48)46-25-13-24-45-36(27-14-5-1-6-15-27)44-47(39(34,45)46)31-20-11-4-12-21-31/h1-12,14-23,26,42H,13,24-25H2. The van der Waals surface area contributed by atoms with Crippen molar-refractivity contribution >= 4 is 68.7 Å². The summed E-state index contributed by atoms with van der Waals surface area (Å²) in [5, 5.41) is 13.8. The normalized spacial score (nSPS) is 18.8. The fraction of sp³-hybridized carbons (Fsp3) is 0.103. The number of carbonyl (C=O) groups excluding carboxylic acids is 1. The SMILES string of the molecule is O=C1C(SC(=NNc2ccccc2)c2ccccc2)=C(c2ccc(Cl)cc2Cl)C23N1CCCN2C(c1ccccc1)=NN3c1ccccc1. The summed E-state index contributed by atoms with van der Waals surface area (Å²) < 4.78 is 0. The van der Waals surface area contributed by atoms with Gasteiger partial charge in [-0.1, -0.05) is 138 Å². The maximum Gasteiger partial charge on any atom is 0.264 e. The van der Waals surface area contributed by atoms with Gasteiger partial charge in [-0.25, -0.2) is 5.01 Å². The second-order valence-electron chi connectivity index (χ2n) is 11.7. The molecule has 8 rings (SSSR count). The summed E-state index contributed by atoms with van der Waals surface area (Å²) in [4.78, 5) is 19.8. The van der Waals surface area contributed by atoms with Crippen LogP contribution in [0.4, 0.5) is 11.4 Å². The Kier molecular flexibility index (Phi) is 8.37. The van der Waals surface area contributed by atoms with Crippen LogP contribution in [0.15, 0.2) is 155 Å². The molecule has 0 radical (unpaired) electrons. The lowest BCUT2D eigenvalue weighted by Gasteiger charge is -2.51. The van der Waals surface area contributed by atoms with Crippen molar-refractivity contribution in [2.45, 2.75) is 12.2 Å². The maximum atomic E-state index is 15.1. The van der Waals surface area contributed by atoms with Crippen LogP contribution in [0.1, 0.15) is 23.1 Å². The fourth-order valence-corrected chi connectivity index (χ4v) is 8.28. The molecule has 0 aliphatic carbocycles. The average molecular weight is 702 g/mol. The minimum atomic E-state index is -1.16. The molecule has 0 saturated carbocycles. The quantitative estimate of drug-likeness (QED) is 0.104. The molecular weight excluding hydrogens is 671 g/mol. The van der Waals surface area contributed by atoms with Crippen molar-refractivity contribution in [3.8, 4) is 0 Å². The van der Waals surface area contributed by atoms with E-state index in [1.54, 1.807) is 6.07 Å². The first-order chi connectivity index (χ1) is 24.1. The first kappa shape index (κ1) is 31.3. The Morgan fingerprint density at radius 3 is 2.10 bits per heavy atom. The van der Waals surface area contributed by atoms with E-state index in [9.17, 15) is 0 Å². The van der Waals surface area contributed by atoms with Gasteiger partial charge in [0, 0.05) is 45.4 Å². The average Bonchev–Trinajstić information content (AvgIpc) is 3.62. The number of para-hydroxylation sites is 2. The molecule has 5 aromatic rings. The number of rotatable bonds is 7. The third-order valence-electron chi connectivity index (χ3n) is 8.78. The van der Waals surface area contributed by atoms with Gasteiger partial charge in [-0.2, -0.15) is 5.10 Å². The van der Waals surface area contributed by atoms with Crippen LogP contribution in [0.3, 0.4) is 0 Å². The van der Waals surface area contributed by atoms with Gasteiger partial charge in [-0.3, -0.25) is 15.1 Å². The Bertz CT molecular complexity index is 2110. The van der Waals surface area contributed by atoms with Gasteiger partial charge in [0.15, 0.2) is 5.84 Å². The summed E-state index contributed by atoms with van der Waals surface area (Å²) in [5.74, 6) is -0.501. The minimum Gasteiger partial charge on any atom is -0.309 e. The summed E-state index contributed by atoms with van der Waals surface area (Å²) >= 11 is 14.9. The van der Waals surface area contributed by atoms with E-state index in [-0.39, 0.29) is 5.91 Å². The van der Waals surface area contributed by atoms with Gasteiger partial charge in [0.1, 0.15) is 5.04 Å². The van der Waals surface area contributed by atoms with E-state index in [1.165, 1.54) is 11.8 Å². The van der Waals surface area contributed by atoms with Gasteiger partial charge in [0.2, 0.25) is 5.79 Å². The Morgan fingerprint density at radius 2 is 1.41 bits per heavy atom. The third kappa shape index (κ3) is 5.46. The van der Waals surface area contributed by atoms with Gasteiger partial charge < -0.3 is 4.90 Å². The molecule has 7 nitrogen and oxygen atoms in total. The van der Waals surface area contributed by atoms with Crippen LogP contribution < -0.4 is 10.4 Å². The van der Waals surface area contributed by atoms with Crippen molar-refractivity contribution in [3.05, 3.63) is 171 Å².